The van der Waals surface area contributed by atoms with Gasteiger partial charge in [-0.2, -0.15) is 0 Å². The molecule has 26 heavy (non-hydrogen) atoms. The Balaban J connectivity index is 1.64. The van der Waals surface area contributed by atoms with Gasteiger partial charge in [0.05, 0.1) is 24.2 Å². The van der Waals surface area contributed by atoms with E-state index in [0.717, 1.165) is 24.4 Å². The molecular formula is C21H24NO4+. The van der Waals surface area contributed by atoms with Crippen molar-refractivity contribution in [1.29, 1.82) is 0 Å². The van der Waals surface area contributed by atoms with Crippen LogP contribution in [-0.4, -0.2) is 24.0 Å². The van der Waals surface area contributed by atoms with Gasteiger partial charge >= 0.3 is 0 Å². The van der Waals surface area contributed by atoms with Crippen LogP contribution in [0.4, 0.5) is 0 Å². The van der Waals surface area contributed by atoms with Crippen LogP contribution in [0.3, 0.4) is 0 Å². The lowest BCUT2D eigenvalue weighted by atomic mass is 10.0. The standard InChI is InChI=1S/C21H23NO4/c1-14-6-7-15(25-14)12-19-20(24)16-8-9-18(23)17(21(16)26-19)13-22-10-4-2-3-5-11-22/h6-9,12,23H,2-5,10-11,13H2,1H3/p+1/b19-12+. The van der Waals surface area contributed by atoms with Gasteiger partial charge in [-0.05, 0) is 56.9 Å². The number of fused-ring (bicyclic) bond motifs is 1. The number of carbonyl (C=O) groups is 1. The molecule has 3 heterocycles. The number of allylic oxidation sites excluding steroid dienone is 1. The lowest BCUT2D eigenvalue weighted by molar-refractivity contribution is -0.913. The molecule has 0 radical (unpaired) electrons. The average molecular weight is 354 g/mol. The normalized spacial score (nSPS) is 19.4. The molecule has 0 unspecified atom stereocenters. The molecule has 1 saturated heterocycles. The van der Waals surface area contributed by atoms with Gasteiger partial charge in [0.15, 0.2) is 11.5 Å². The van der Waals surface area contributed by atoms with E-state index in [1.54, 1.807) is 18.2 Å². The van der Waals surface area contributed by atoms with Gasteiger partial charge < -0.3 is 19.2 Å². The molecule has 5 nitrogen and oxygen atoms in total. The van der Waals surface area contributed by atoms with Crippen molar-refractivity contribution in [1.82, 2.24) is 0 Å². The first-order valence-corrected chi connectivity index (χ1v) is 9.31. The molecule has 2 aliphatic rings. The number of ether oxygens (including phenoxy) is 1. The maximum Gasteiger partial charge on any atom is 0.232 e. The van der Waals surface area contributed by atoms with Crippen LogP contribution in [0.25, 0.3) is 6.08 Å². The number of quaternary nitrogens is 1. The highest BCUT2D eigenvalue weighted by Crippen LogP contribution is 2.39. The Bertz CT molecular complexity index is 857. The number of aryl methyl sites for hydroxylation is 1. The van der Waals surface area contributed by atoms with Gasteiger partial charge in [-0.1, -0.05) is 0 Å². The summed E-state index contributed by atoms with van der Waals surface area (Å²) in [6.07, 6.45) is 6.57. The summed E-state index contributed by atoms with van der Waals surface area (Å²) in [7, 11) is 0. The van der Waals surface area contributed by atoms with Crippen molar-refractivity contribution in [3.8, 4) is 11.5 Å². The number of hydrogen-bond donors (Lipinski definition) is 2. The van der Waals surface area contributed by atoms with Gasteiger partial charge in [0.2, 0.25) is 5.78 Å². The van der Waals surface area contributed by atoms with Crippen molar-refractivity contribution >= 4 is 11.9 Å². The fourth-order valence-corrected chi connectivity index (χ4v) is 3.78. The highest BCUT2D eigenvalue weighted by Gasteiger charge is 2.32. The van der Waals surface area contributed by atoms with Crippen LogP contribution in [0.1, 0.15) is 53.1 Å². The maximum atomic E-state index is 12.7. The van der Waals surface area contributed by atoms with Crippen molar-refractivity contribution in [2.24, 2.45) is 0 Å². The van der Waals surface area contributed by atoms with Crippen LogP contribution in [0.15, 0.2) is 34.4 Å². The summed E-state index contributed by atoms with van der Waals surface area (Å²) in [4.78, 5) is 14.1. The van der Waals surface area contributed by atoms with Gasteiger partial charge in [0.25, 0.3) is 0 Å². The fraction of sp³-hybridized carbons (Fsp3) is 0.381. The Hall–Kier alpha value is -2.53. The number of furan rings is 1. The number of Topliss-reactive ketones (excluding diaryl/α,β-unsaturated/α-hetero) is 1. The zero-order chi connectivity index (χ0) is 18.1. The summed E-state index contributed by atoms with van der Waals surface area (Å²) < 4.78 is 11.4. The minimum Gasteiger partial charge on any atom is -0.507 e. The monoisotopic (exact) mass is 354 g/mol. The summed E-state index contributed by atoms with van der Waals surface area (Å²) in [5, 5.41) is 10.4. The van der Waals surface area contributed by atoms with E-state index in [1.165, 1.54) is 30.6 Å². The Morgan fingerprint density at radius 1 is 1.12 bits per heavy atom. The van der Waals surface area contributed by atoms with E-state index < -0.39 is 0 Å². The zero-order valence-corrected chi connectivity index (χ0v) is 15.0. The molecule has 0 saturated carbocycles. The lowest BCUT2D eigenvalue weighted by Gasteiger charge is -2.18. The van der Waals surface area contributed by atoms with Crippen molar-refractivity contribution in [3.63, 3.8) is 0 Å². The molecule has 0 atom stereocenters. The SMILES string of the molecule is Cc1ccc(/C=C2/Oc3c(ccc(O)c3C[NH+]3CCCCCC3)C2=O)o1. The number of benzene rings is 1. The Morgan fingerprint density at radius 2 is 1.88 bits per heavy atom. The van der Waals surface area contributed by atoms with Crippen molar-refractivity contribution in [2.45, 2.75) is 39.2 Å². The largest absolute Gasteiger partial charge is 0.507 e. The summed E-state index contributed by atoms with van der Waals surface area (Å²) in [6.45, 7) is 4.71. The molecule has 1 aromatic carbocycles. The Kier molecular flexibility index (Phi) is 4.55. The number of nitrogens with one attached hydrogen (secondary N) is 1. The molecule has 0 amide bonds. The number of ketones is 1. The number of aromatic hydroxyl groups is 1. The van der Waals surface area contributed by atoms with E-state index >= 15 is 0 Å². The third-order valence-electron chi connectivity index (χ3n) is 5.19. The predicted molar refractivity (Wildman–Crippen MR) is 97.4 cm³/mol. The highest BCUT2D eigenvalue weighted by molar-refractivity contribution is 6.14. The predicted octanol–water partition coefficient (Wildman–Crippen LogP) is 2.87. The third kappa shape index (κ3) is 3.27. The van der Waals surface area contributed by atoms with Crippen molar-refractivity contribution in [2.75, 3.05) is 13.1 Å². The number of rotatable bonds is 3. The van der Waals surface area contributed by atoms with Crippen molar-refractivity contribution < 1.29 is 24.0 Å². The van der Waals surface area contributed by atoms with E-state index in [2.05, 4.69) is 0 Å². The molecule has 136 valence electrons. The first kappa shape index (κ1) is 16.9. The van der Waals surface area contributed by atoms with E-state index in [9.17, 15) is 9.90 Å². The second kappa shape index (κ2) is 7.00. The molecule has 2 aliphatic heterocycles. The molecule has 1 fully saturated rings. The molecular weight excluding hydrogens is 330 g/mol. The smallest absolute Gasteiger partial charge is 0.232 e. The van der Waals surface area contributed by atoms with Gasteiger partial charge in [-0.15, -0.1) is 0 Å². The number of phenolic OH excluding ortho intramolecular Hbond substituents is 1. The summed E-state index contributed by atoms with van der Waals surface area (Å²) in [5.41, 5.74) is 1.24. The average Bonchev–Trinajstić information content (AvgIpc) is 3.05. The number of phenols is 1. The zero-order valence-electron chi connectivity index (χ0n) is 15.0. The number of likely N-dealkylation sites (tertiary alicyclic amines) is 1. The Morgan fingerprint density at radius 3 is 2.58 bits per heavy atom. The molecule has 4 rings (SSSR count). The van der Waals surface area contributed by atoms with Crippen molar-refractivity contribution in [3.05, 3.63) is 52.7 Å². The molecule has 2 N–H and O–H groups in total. The highest BCUT2D eigenvalue weighted by atomic mass is 16.5. The number of carbonyl (C=O) groups excluding carboxylic acids is 1. The molecule has 0 spiro atoms. The minimum atomic E-state index is -0.166. The molecule has 2 aromatic rings. The van der Waals surface area contributed by atoms with Gasteiger partial charge in [-0.3, -0.25) is 4.79 Å². The van der Waals surface area contributed by atoms with E-state index in [0.29, 0.717) is 23.6 Å². The first-order valence-electron chi connectivity index (χ1n) is 9.31. The van der Waals surface area contributed by atoms with E-state index in [-0.39, 0.29) is 17.3 Å². The van der Waals surface area contributed by atoms with E-state index in [1.807, 2.05) is 19.1 Å². The van der Waals surface area contributed by atoms with Gasteiger partial charge in [0.1, 0.15) is 23.8 Å². The lowest BCUT2D eigenvalue weighted by Crippen LogP contribution is -3.10. The van der Waals surface area contributed by atoms with Crippen LogP contribution in [0, 0.1) is 6.92 Å². The number of hydrogen-bond acceptors (Lipinski definition) is 4. The van der Waals surface area contributed by atoms with Gasteiger partial charge in [0, 0.05) is 6.08 Å². The maximum absolute atomic E-state index is 12.7. The minimum absolute atomic E-state index is 0.166. The third-order valence-corrected chi connectivity index (χ3v) is 5.19. The molecule has 0 aliphatic carbocycles. The molecule has 0 bridgehead atoms. The van der Waals surface area contributed by atoms with Crippen LogP contribution >= 0.6 is 0 Å². The summed E-state index contributed by atoms with van der Waals surface area (Å²) >= 11 is 0. The first-order chi connectivity index (χ1) is 12.6. The second-order valence-corrected chi connectivity index (χ2v) is 7.17. The van der Waals surface area contributed by atoms with Crippen LogP contribution < -0.4 is 9.64 Å². The van der Waals surface area contributed by atoms with E-state index in [4.69, 9.17) is 9.15 Å². The molecule has 1 aromatic heterocycles. The fourth-order valence-electron chi connectivity index (χ4n) is 3.78. The quantitative estimate of drug-likeness (QED) is 0.832. The summed E-state index contributed by atoms with van der Waals surface area (Å²) in [6, 6.07) is 6.90. The topological polar surface area (TPSA) is 64.1 Å². The van der Waals surface area contributed by atoms with Crippen LogP contribution in [0.5, 0.6) is 11.5 Å². The van der Waals surface area contributed by atoms with Gasteiger partial charge in [-0.25, -0.2) is 0 Å². The second-order valence-electron chi connectivity index (χ2n) is 7.17. The van der Waals surface area contributed by atoms with Crippen LogP contribution in [-0.2, 0) is 6.54 Å². The summed E-state index contributed by atoms with van der Waals surface area (Å²) in [5.74, 6) is 2.14. The Labute approximate surface area is 152 Å². The molecule has 5 heteroatoms. The van der Waals surface area contributed by atoms with Crippen LogP contribution in [0.2, 0.25) is 0 Å².